The Labute approximate surface area is 521 Å². The summed E-state index contributed by atoms with van der Waals surface area (Å²) in [6.07, 6.45) is 0. The Kier molecular flexibility index (Phi) is 11.2. The van der Waals surface area contributed by atoms with Gasteiger partial charge in [-0.3, -0.25) is 0 Å². The van der Waals surface area contributed by atoms with Crippen molar-refractivity contribution in [2.24, 2.45) is 0 Å². The summed E-state index contributed by atoms with van der Waals surface area (Å²) in [5.41, 5.74) is 35.4. The Morgan fingerprint density at radius 2 is 0.500 bits per heavy atom. The highest BCUT2D eigenvalue weighted by Gasteiger charge is 2.43. The lowest BCUT2D eigenvalue weighted by Crippen LogP contribution is -2.22. The summed E-state index contributed by atoms with van der Waals surface area (Å²) in [5, 5.41) is 13.2. The predicted octanol–water partition coefficient (Wildman–Crippen LogP) is 22.9. The van der Waals surface area contributed by atoms with E-state index in [-0.39, 0.29) is 12.1 Å². The van der Waals surface area contributed by atoms with Crippen molar-refractivity contribution in [1.82, 2.24) is 9.13 Å². The van der Waals surface area contributed by atoms with Gasteiger partial charge in [0.15, 0.2) is 0 Å². The number of nitrogens with zero attached hydrogens (tertiary/aromatic N) is 2. The maximum Gasteiger partial charge on any atom is 0.0857 e. The summed E-state index contributed by atoms with van der Waals surface area (Å²) in [6, 6.07) is 115. The van der Waals surface area contributed by atoms with Crippen LogP contribution >= 0.6 is 0 Å². The zero-order chi connectivity index (χ0) is 59.0. The van der Waals surface area contributed by atoms with Crippen molar-refractivity contribution in [3.8, 4) is 89.0 Å². The summed E-state index contributed by atoms with van der Waals surface area (Å²) >= 11 is 0. The van der Waals surface area contributed by atoms with E-state index in [0.29, 0.717) is 0 Å². The Morgan fingerprint density at radius 1 is 0.211 bits per heavy atom. The van der Waals surface area contributed by atoms with Gasteiger partial charge in [-0.25, -0.2) is 0 Å². The van der Waals surface area contributed by atoms with Gasteiger partial charge in [0, 0.05) is 88.8 Å². The largest absolute Gasteiger partial charge is 0.354 e. The first-order chi connectivity index (χ1) is 44.7. The van der Waals surface area contributed by atoms with Crippen LogP contribution in [0.2, 0.25) is 0 Å². The van der Waals surface area contributed by atoms with Crippen LogP contribution in [0.4, 0.5) is 22.7 Å². The third-order valence-electron chi connectivity index (χ3n) is 19.6. The van der Waals surface area contributed by atoms with Gasteiger partial charge in [0.05, 0.1) is 34.2 Å². The Balaban J connectivity index is 0.000000130. The van der Waals surface area contributed by atoms with E-state index in [1.165, 1.54) is 122 Å². The molecule has 0 spiro atoms. The van der Waals surface area contributed by atoms with Crippen molar-refractivity contribution < 1.29 is 0 Å². The standard InChI is InChI=1S/C44H24N2.C42H32N2/c1-5-15-27-23(11-1)29-19-9-21-33-37-36-26-14-4-8-18-32(26)40-28-16-6-2-12-24(28)30-20-10-22-34-38(44(36)46(40)42(30)34)35-25-13-3-7-17-31(25)39(27)45(41(29)33)43(35)37;1-5-17-31(18-6-1)35-25-13-15-27-39(35)43-41-29-38(34-23-11-4-12-24-34)42(30-37(41)33-21-9-3-10-22-33)44-40-28-16-14-26-36(40)32-19-7-2-8-20-32/h1-22,39-40H;1-30,43-44H. The van der Waals surface area contributed by atoms with E-state index >= 15 is 0 Å². The second-order valence-electron chi connectivity index (χ2n) is 24.2. The number of rotatable bonds is 8. The second kappa shape index (κ2) is 19.9. The molecule has 2 atom stereocenters. The van der Waals surface area contributed by atoms with E-state index in [1.807, 2.05) is 0 Å². The van der Waals surface area contributed by atoms with Crippen molar-refractivity contribution in [3.63, 3.8) is 0 Å². The normalized spacial score (nSPS) is 14.0. The van der Waals surface area contributed by atoms with Gasteiger partial charge in [0.1, 0.15) is 0 Å². The van der Waals surface area contributed by atoms with Crippen molar-refractivity contribution in [2.75, 3.05) is 10.6 Å². The molecule has 0 aliphatic carbocycles. The van der Waals surface area contributed by atoms with Gasteiger partial charge in [0.25, 0.3) is 0 Å². The molecule has 2 aromatic heterocycles. The van der Waals surface area contributed by atoms with Crippen LogP contribution in [0.25, 0.3) is 133 Å². The fourth-order valence-corrected chi connectivity index (χ4v) is 16.0. The predicted molar refractivity (Wildman–Crippen MR) is 376 cm³/mol. The van der Waals surface area contributed by atoms with E-state index in [0.717, 1.165) is 56.1 Å². The van der Waals surface area contributed by atoms with Crippen LogP contribution in [-0.2, 0) is 0 Å². The second-order valence-corrected chi connectivity index (χ2v) is 24.2. The number of anilines is 4. The number of benzene rings is 14. The topological polar surface area (TPSA) is 33.9 Å². The van der Waals surface area contributed by atoms with Crippen LogP contribution in [0.5, 0.6) is 0 Å². The molecule has 16 aromatic rings. The molecule has 4 heteroatoms. The summed E-state index contributed by atoms with van der Waals surface area (Å²) in [7, 11) is 0. The minimum Gasteiger partial charge on any atom is -0.354 e. The van der Waals surface area contributed by atoms with Crippen molar-refractivity contribution >= 4 is 66.4 Å². The van der Waals surface area contributed by atoms with Crippen LogP contribution < -0.4 is 10.6 Å². The third kappa shape index (κ3) is 7.36. The highest BCUT2D eigenvalue weighted by molar-refractivity contribution is 6.36. The van der Waals surface area contributed by atoms with Gasteiger partial charge in [-0.15, -0.1) is 0 Å². The molecule has 2 N–H and O–H groups in total. The Hall–Kier alpha value is -11.7. The molecule has 4 aliphatic rings. The highest BCUT2D eigenvalue weighted by atomic mass is 15.1. The summed E-state index contributed by atoms with van der Waals surface area (Å²) in [5.74, 6) is 0. The Morgan fingerprint density at radius 3 is 0.878 bits per heavy atom. The van der Waals surface area contributed by atoms with Crippen LogP contribution in [0.3, 0.4) is 0 Å². The number of hydrogen-bond acceptors (Lipinski definition) is 2. The van der Waals surface area contributed by atoms with Crippen LogP contribution in [0.15, 0.2) is 315 Å². The molecule has 0 saturated carbocycles. The quantitative estimate of drug-likeness (QED) is 0.159. The van der Waals surface area contributed by atoms with Gasteiger partial charge in [-0.2, -0.15) is 0 Å². The van der Waals surface area contributed by atoms with Crippen LogP contribution in [0, 0.1) is 0 Å². The van der Waals surface area contributed by atoms with Gasteiger partial charge in [0.2, 0.25) is 0 Å². The van der Waals surface area contributed by atoms with E-state index in [1.54, 1.807) is 0 Å². The lowest BCUT2D eigenvalue weighted by molar-refractivity contribution is 0.714. The molecule has 0 saturated heterocycles. The SMILES string of the molecule is c1ccc(-c2ccccc2Nc2cc(-c3ccccc3)c(Nc3ccccc3-c3ccccc3)cc2-c2ccccc2)cc1.c1ccc2c(c1)-c1cccc3c4c5c6c(c7c4n(c13)C2c1ccccc1-7)c1cccc2c1n6C(c1ccccc1-2)c1ccccc1-5. The average Bonchev–Trinajstić information content (AvgIpc) is 1.47. The minimum absolute atomic E-state index is 0.134. The number of fused-ring (bicyclic) bond motifs is 16. The maximum atomic E-state index is 3.85. The average molecular weight is 1150 g/mol. The number of aromatic nitrogens is 2. The first kappa shape index (κ1) is 50.4. The van der Waals surface area contributed by atoms with Gasteiger partial charge < -0.3 is 19.8 Å². The zero-order valence-electron chi connectivity index (χ0n) is 49.1. The molecule has 14 aromatic carbocycles. The lowest BCUT2D eigenvalue weighted by atomic mass is 9.79. The van der Waals surface area contributed by atoms with Gasteiger partial charge in [-0.1, -0.05) is 291 Å². The fraction of sp³-hybridized carbons (Fsp3) is 0.0233. The molecule has 2 unspecified atom stereocenters. The van der Waals surface area contributed by atoms with E-state index in [4.69, 9.17) is 0 Å². The molecule has 4 nitrogen and oxygen atoms in total. The van der Waals surface area contributed by atoms with Gasteiger partial charge >= 0.3 is 0 Å². The Bertz CT molecular complexity index is 5250. The summed E-state index contributed by atoms with van der Waals surface area (Å²) in [6.45, 7) is 0. The molecule has 90 heavy (non-hydrogen) atoms. The first-order valence-electron chi connectivity index (χ1n) is 31.3. The molecule has 0 bridgehead atoms. The summed E-state index contributed by atoms with van der Waals surface area (Å²) < 4.78 is 5.46. The molecular formula is C86H56N4. The molecule has 4 aliphatic heterocycles. The van der Waals surface area contributed by atoms with Crippen LogP contribution in [-0.4, -0.2) is 9.13 Å². The molecule has 0 amide bonds. The molecule has 0 fully saturated rings. The number of para-hydroxylation sites is 4. The number of hydrogen-bond donors (Lipinski definition) is 2. The maximum absolute atomic E-state index is 3.85. The minimum atomic E-state index is 0.134. The first-order valence-corrected chi connectivity index (χ1v) is 31.3. The molecule has 0 radical (unpaired) electrons. The monoisotopic (exact) mass is 1140 g/mol. The molecule has 20 rings (SSSR count). The van der Waals surface area contributed by atoms with E-state index < -0.39 is 0 Å². The van der Waals surface area contributed by atoms with Crippen molar-refractivity contribution in [1.29, 1.82) is 0 Å². The smallest absolute Gasteiger partial charge is 0.0857 e. The highest BCUT2D eigenvalue weighted by Crippen LogP contribution is 2.63. The number of nitrogens with one attached hydrogen (secondary N) is 2. The molecule has 6 heterocycles. The van der Waals surface area contributed by atoms with Crippen LogP contribution in [0.1, 0.15) is 34.3 Å². The fourth-order valence-electron chi connectivity index (χ4n) is 16.0. The third-order valence-corrected chi connectivity index (χ3v) is 19.6. The van der Waals surface area contributed by atoms with Crippen molar-refractivity contribution in [3.05, 3.63) is 338 Å². The van der Waals surface area contributed by atoms with Crippen molar-refractivity contribution in [2.45, 2.75) is 12.1 Å². The van der Waals surface area contributed by atoms with E-state index in [2.05, 4.69) is 335 Å². The zero-order valence-corrected chi connectivity index (χ0v) is 49.1. The lowest BCUT2D eigenvalue weighted by Gasteiger charge is -2.36. The van der Waals surface area contributed by atoms with Gasteiger partial charge in [-0.05, 0) is 91.0 Å². The summed E-state index contributed by atoms with van der Waals surface area (Å²) in [4.78, 5) is 0. The van der Waals surface area contributed by atoms with E-state index in [9.17, 15) is 0 Å². The molecule has 420 valence electrons. The molecular weight excluding hydrogens is 1090 g/mol.